The molecule has 78 valence electrons. The second-order valence-corrected chi connectivity index (χ2v) is 4.62. The average Bonchev–Trinajstić information content (AvgIpc) is 2.14. The molecule has 0 saturated carbocycles. The van der Waals surface area contributed by atoms with Crippen LogP contribution in [0.3, 0.4) is 0 Å². The van der Waals surface area contributed by atoms with E-state index in [1.165, 1.54) is 6.20 Å². The van der Waals surface area contributed by atoms with Crippen molar-refractivity contribution in [1.82, 2.24) is 5.32 Å². The van der Waals surface area contributed by atoms with Crippen LogP contribution in [0.5, 0.6) is 0 Å². The van der Waals surface area contributed by atoms with E-state index >= 15 is 0 Å². The van der Waals surface area contributed by atoms with E-state index in [2.05, 4.69) is 5.32 Å². The minimum absolute atomic E-state index is 0.0193. The van der Waals surface area contributed by atoms with E-state index in [0.717, 1.165) is 0 Å². The van der Waals surface area contributed by atoms with Gasteiger partial charge in [0.2, 0.25) is 4.46 Å². The number of hydrogen-bond donors (Lipinski definition) is 2. The maximum atomic E-state index is 11.2. The van der Waals surface area contributed by atoms with Gasteiger partial charge in [0.1, 0.15) is 0 Å². The van der Waals surface area contributed by atoms with Crippen molar-refractivity contribution in [3.63, 3.8) is 0 Å². The van der Waals surface area contributed by atoms with E-state index < -0.39 is 4.46 Å². The van der Waals surface area contributed by atoms with Gasteiger partial charge in [-0.25, -0.2) is 0 Å². The fourth-order valence-electron chi connectivity index (χ4n) is 0.858. The Morgan fingerprint density at radius 1 is 1.50 bits per heavy atom. The van der Waals surface area contributed by atoms with Crippen LogP contribution >= 0.6 is 46.4 Å². The lowest BCUT2D eigenvalue weighted by atomic mass is 10.1. The number of carbonyl (C=O) groups excluding carboxylic acids is 1. The number of rotatable bonds is 2. The summed E-state index contributed by atoms with van der Waals surface area (Å²) in [5.41, 5.74) is 5.35. The largest absolute Gasteiger partial charge is 0.355 e. The predicted molar refractivity (Wildman–Crippen MR) is 58.4 cm³/mol. The first kappa shape index (κ1) is 12.1. The predicted octanol–water partition coefficient (Wildman–Crippen LogP) is 1.82. The van der Waals surface area contributed by atoms with Crippen molar-refractivity contribution in [1.29, 1.82) is 0 Å². The molecule has 1 rings (SSSR count). The molecule has 0 saturated heterocycles. The number of carbonyl (C=O) groups is 1. The molecule has 0 bridgehead atoms. The third-order valence-electron chi connectivity index (χ3n) is 1.59. The molecule has 0 aromatic heterocycles. The van der Waals surface area contributed by atoms with Crippen molar-refractivity contribution in [2.75, 3.05) is 6.54 Å². The molecule has 14 heavy (non-hydrogen) atoms. The molecule has 0 aromatic rings. The first-order chi connectivity index (χ1) is 6.40. The van der Waals surface area contributed by atoms with Crippen LogP contribution in [0.4, 0.5) is 0 Å². The number of allylic oxidation sites excluding steroid dienone is 1. The molecule has 0 unspecified atom stereocenters. The summed E-state index contributed by atoms with van der Waals surface area (Å²) in [6.45, 7) is -0.161. The molecule has 0 atom stereocenters. The lowest BCUT2D eigenvalue weighted by Crippen LogP contribution is -2.35. The Morgan fingerprint density at radius 3 is 2.57 bits per heavy atom. The van der Waals surface area contributed by atoms with E-state index in [9.17, 15) is 4.79 Å². The third-order valence-corrected chi connectivity index (χ3v) is 3.34. The van der Waals surface area contributed by atoms with Crippen molar-refractivity contribution >= 4 is 52.2 Å². The molecule has 0 aromatic carbocycles. The van der Waals surface area contributed by atoms with Gasteiger partial charge >= 0.3 is 0 Å². The number of nitrogens with two attached hydrogens (primary N) is 1. The minimum atomic E-state index is -1.49. The summed E-state index contributed by atoms with van der Waals surface area (Å²) in [6.07, 6.45) is 1.30. The van der Waals surface area contributed by atoms with Gasteiger partial charge in [-0.3, -0.25) is 4.79 Å². The summed E-state index contributed by atoms with van der Waals surface area (Å²) in [4.78, 5) is 11.2. The van der Waals surface area contributed by atoms with Crippen LogP contribution in [0.2, 0.25) is 0 Å². The van der Waals surface area contributed by atoms with Crippen molar-refractivity contribution in [2.45, 2.75) is 4.46 Å². The summed E-state index contributed by atoms with van der Waals surface area (Å²) in [5, 5.41) is 2.50. The zero-order chi connectivity index (χ0) is 10.9. The van der Waals surface area contributed by atoms with Crippen molar-refractivity contribution in [2.24, 2.45) is 5.73 Å². The maximum absolute atomic E-state index is 11.2. The number of nitrogens with one attached hydrogen (secondary N) is 1. The molecule has 7 heteroatoms. The van der Waals surface area contributed by atoms with Gasteiger partial charge in [0.25, 0.3) is 0 Å². The zero-order valence-corrected chi connectivity index (χ0v) is 9.81. The lowest BCUT2D eigenvalue weighted by Gasteiger charge is -2.25. The molecule has 0 spiro atoms. The van der Waals surface area contributed by atoms with Gasteiger partial charge in [0.05, 0.1) is 22.2 Å². The van der Waals surface area contributed by atoms with Gasteiger partial charge in [-0.05, 0) is 0 Å². The van der Waals surface area contributed by atoms with Crippen molar-refractivity contribution < 1.29 is 4.79 Å². The molecule has 3 N–H and O–H groups in total. The Labute approximate surface area is 101 Å². The third kappa shape index (κ3) is 2.18. The second kappa shape index (κ2) is 4.29. The number of alkyl halides is 2. The first-order valence-electron chi connectivity index (χ1n) is 3.55. The lowest BCUT2D eigenvalue weighted by molar-refractivity contribution is -0.114. The summed E-state index contributed by atoms with van der Waals surface area (Å²) < 4.78 is -1.49. The van der Waals surface area contributed by atoms with Crippen LogP contribution in [0.25, 0.3) is 0 Å². The first-order valence-corrected chi connectivity index (χ1v) is 5.06. The quantitative estimate of drug-likeness (QED) is 0.597. The summed E-state index contributed by atoms with van der Waals surface area (Å²) in [7, 11) is 0. The minimum Gasteiger partial charge on any atom is -0.355 e. The van der Waals surface area contributed by atoms with Gasteiger partial charge in [-0.15, -0.1) is 0 Å². The molecular formula is C7H6Cl4N2O. The van der Waals surface area contributed by atoms with Crippen molar-refractivity contribution in [3.05, 3.63) is 21.8 Å². The highest BCUT2D eigenvalue weighted by molar-refractivity contribution is 6.58. The standard InChI is InChI=1S/C7H6Cl4N2O/c8-5-3(4(14)1-12)2-13-7(10,11)6(5)9/h2,13H,1,12H2. The fourth-order valence-corrected chi connectivity index (χ4v) is 1.71. The smallest absolute Gasteiger partial charge is 0.225 e. The van der Waals surface area contributed by atoms with Crippen LogP contribution in [-0.2, 0) is 4.79 Å². The van der Waals surface area contributed by atoms with Crippen LogP contribution < -0.4 is 11.1 Å². The van der Waals surface area contributed by atoms with Gasteiger partial charge in [-0.2, -0.15) is 0 Å². The maximum Gasteiger partial charge on any atom is 0.225 e. The summed E-state index contributed by atoms with van der Waals surface area (Å²) in [6, 6.07) is 0. The normalized spacial score (nSPS) is 20.2. The number of halogens is 4. The second-order valence-electron chi connectivity index (χ2n) is 2.53. The fraction of sp³-hybridized carbons (Fsp3) is 0.286. The highest BCUT2D eigenvalue weighted by Crippen LogP contribution is 2.39. The molecule has 0 aliphatic carbocycles. The Balaban J connectivity index is 3.08. The van der Waals surface area contributed by atoms with Gasteiger partial charge in [0.15, 0.2) is 5.78 Å². The van der Waals surface area contributed by atoms with Gasteiger partial charge in [0, 0.05) is 6.20 Å². The Hall–Kier alpha value is 0.0700. The summed E-state index contributed by atoms with van der Waals surface area (Å²) in [5.74, 6) is -0.343. The molecule has 0 fully saturated rings. The van der Waals surface area contributed by atoms with E-state index in [-0.39, 0.29) is 28.0 Å². The number of ketones is 1. The molecule has 1 heterocycles. The highest BCUT2D eigenvalue weighted by atomic mass is 35.5. The van der Waals surface area contributed by atoms with Crippen LogP contribution in [-0.4, -0.2) is 16.8 Å². The van der Waals surface area contributed by atoms with E-state index in [0.29, 0.717) is 0 Å². The molecule has 0 amide bonds. The van der Waals surface area contributed by atoms with Crippen molar-refractivity contribution in [3.8, 4) is 0 Å². The molecular weight excluding hydrogens is 270 g/mol. The monoisotopic (exact) mass is 274 g/mol. The number of hydrogen-bond acceptors (Lipinski definition) is 3. The van der Waals surface area contributed by atoms with E-state index in [1.54, 1.807) is 0 Å². The average molecular weight is 276 g/mol. The summed E-state index contributed by atoms with van der Waals surface area (Å²) >= 11 is 23.0. The van der Waals surface area contributed by atoms with E-state index in [4.69, 9.17) is 52.1 Å². The van der Waals surface area contributed by atoms with Gasteiger partial charge in [-0.1, -0.05) is 46.4 Å². The highest BCUT2D eigenvalue weighted by Gasteiger charge is 2.35. The Kier molecular flexibility index (Phi) is 3.72. The Morgan fingerprint density at radius 2 is 2.07 bits per heavy atom. The number of dihydropyridines is 1. The van der Waals surface area contributed by atoms with Crippen LogP contribution in [0.15, 0.2) is 21.8 Å². The molecule has 0 radical (unpaired) electrons. The Bertz CT molecular complexity index is 335. The molecule has 3 nitrogen and oxygen atoms in total. The van der Waals surface area contributed by atoms with Crippen LogP contribution in [0, 0.1) is 0 Å². The van der Waals surface area contributed by atoms with Gasteiger partial charge < -0.3 is 11.1 Å². The molecule has 1 aliphatic rings. The zero-order valence-electron chi connectivity index (χ0n) is 6.78. The SMILES string of the molecule is NCC(=O)C1=CNC(Cl)(Cl)C(Cl)=C1Cl. The topological polar surface area (TPSA) is 55.1 Å². The number of Topliss-reactive ketones (excluding diaryl/α,β-unsaturated/α-hetero) is 1. The van der Waals surface area contributed by atoms with Crippen LogP contribution in [0.1, 0.15) is 0 Å². The van der Waals surface area contributed by atoms with E-state index in [1.807, 2.05) is 0 Å². The molecule has 1 aliphatic heterocycles.